The Morgan fingerprint density at radius 1 is 1.03 bits per heavy atom. The van der Waals surface area contributed by atoms with E-state index in [9.17, 15) is 9.59 Å². The van der Waals surface area contributed by atoms with Gasteiger partial charge < -0.3 is 10.2 Å². The van der Waals surface area contributed by atoms with E-state index < -0.39 is 0 Å². The van der Waals surface area contributed by atoms with Crippen LogP contribution in [0.5, 0.6) is 0 Å². The lowest BCUT2D eigenvalue weighted by atomic mass is 10.0. The van der Waals surface area contributed by atoms with Crippen LogP contribution in [-0.2, 0) is 4.79 Å². The second-order valence-corrected chi connectivity index (χ2v) is 8.21. The molecular weight excluding hydrogens is 366 g/mol. The molecule has 1 aliphatic heterocycles. The minimum Gasteiger partial charge on any atom is -0.353 e. The largest absolute Gasteiger partial charge is 0.353 e. The Labute approximate surface area is 171 Å². The van der Waals surface area contributed by atoms with Gasteiger partial charge in [-0.15, -0.1) is 5.10 Å². The maximum Gasteiger partial charge on any atom is 0.276 e. The number of carbonyl (C=O) groups excluding carboxylic acids is 2. The summed E-state index contributed by atoms with van der Waals surface area (Å²) in [5.74, 6) is 0.801. The van der Waals surface area contributed by atoms with Crippen molar-refractivity contribution in [3.8, 4) is 5.69 Å². The average Bonchev–Trinajstić information content (AvgIpc) is 3.45. The summed E-state index contributed by atoms with van der Waals surface area (Å²) in [5.41, 5.74) is 1.23. The van der Waals surface area contributed by atoms with E-state index in [1.807, 2.05) is 30.3 Å². The van der Waals surface area contributed by atoms with Crippen LogP contribution in [-0.4, -0.2) is 50.8 Å². The van der Waals surface area contributed by atoms with Crippen LogP contribution in [0.2, 0.25) is 0 Å². The molecule has 2 fully saturated rings. The van der Waals surface area contributed by atoms with Crippen molar-refractivity contribution in [1.82, 2.24) is 25.2 Å². The third kappa shape index (κ3) is 5.02. The van der Waals surface area contributed by atoms with E-state index >= 15 is 0 Å². The molecular formula is C22H29N5O2. The quantitative estimate of drug-likeness (QED) is 0.815. The molecule has 0 bridgehead atoms. The number of nitrogens with zero attached hydrogens (tertiary/aromatic N) is 4. The molecule has 4 rings (SSSR count). The van der Waals surface area contributed by atoms with E-state index in [-0.39, 0.29) is 17.9 Å². The van der Waals surface area contributed by atoms with Crippen molar-refractivity contribution in [1.29, 1.82) is 0 Å². The predicted octanol–water partition coefficient (Wildman–Crippen LogP) is 2.96. The van der Waals surface area contributed by atoms with Gasteiger partial charge in [-0.05, 0) is 37.3 Å². The zero-order valence-corrected chi connectivity index (χ0v) is 16.8. The number of hydrogen-bond acceptors (Lipinski definition) is 4. The molecule has 2 aromatic rings. The molecule has 154 valence electrons. The first-order chi connectivity index (χ1) is 14.2. The van der Waals surface area contributed by atoms with Gasteiger partial charge in [0.15, 0.2) is 5.69 Å². The van der Waals surface area contributed by atoms with Crippen molar-refractivity contribution in [2.24, 2.45) is 5.92 Å². The van der Waals surface area contributed by atoms with Crippen LogP contribution in [0, 0.1) is 5.92 Å². The molecule has 1 saturated heterocycles. The van der Waals surface area contributed by atoms with E-state index in [0.717, 1.165) is 30.9 Å². The van der Waals surface area contributed by atoms with Gasteiger partial charge in [-0.2, -0.15) is 0 Å². The molecule has 0 spiro atoms. The summed E-state index contributed by atoms with van der Waals surface area (Å²) in [4.78, 5) is 26.8. The molecule has 0 unspecified atom stereocenters. The maximum absolute atomic E-state index is 12.7. The van der Waals surface area contributed by atoms with Gasteiger partial charge in [-0.25, -0.2) is 4.68 Å². The lowest BCUT2D eigenvalue weighted by molar-refractivity contribution is -0.122. The fourth-order valence-electron chi connectivity index (χ4n) is 4.39. The van der Waals surface area contributed by atoms with Gasteiger partial charge in [0.25, 0.3) is 5.91 Å². The zero-order chi connectivity index (χ0) is 20.1. The van der Waals surface area contributed by atoms with Gasteiger partial charge in [0.05, 0.1) is 11.9 Å². The van der Waals surface area contributed by atoms with Crippen molar-refractivity contribution >= 4 is 11.8 Å². The standard InChI is InChI=1S/C22H29N5O2/c28-21(11-10-17-6-4-5-7-17)23-18-12-14-26(15-13-18)22(29)20-16-27(25-24-20)19-8-2-1-3-9-19/h1-3,8-9,16-18H,4-7,10-15H2,(H,23,28). The summed E-state index contributed by atoms with van der Waals surface area (Å²) < 4.78 is 1.62. The van der Waals surface area contributed by atoms with Crippen LogP contribution in [0.25, 0.3) is 5.69 Å². The lowest BCUT2D eigenvalue weighted by Crippen LogP contribution is -2.46. The first-order valence-corrected chi connectivity index (χ1v) is 10.8. The van der Waals surface area contributed by atoms with E-state index in [4.69, 9.17) is 0 Å². The number of likely N-dealkylation sites (tertiary alicyclic amines) is 1. The molecule has 2 amide bonds. The molecule has 7 heteroatoms. The van der Waals surface area contributed by atoms with Gasteiger partial charge in [-0.1, -0.05) is 49.1 Å². The van der Waals surface area contributed by atoms with Crippen LogP contribution < -0.4 is 5.32 Å². The second-order valence-electron chi connectivity index (χ2n) is 8.21. The number of aromatic nitrogens is 3. The SMILES string of the molecule is O=C(CCC1CCCC1)NC1CCN(C(=O)c2cn(-c3ccccc3)nn2)CC1. The van der Waals surface area contributed by atoms with Gasteiger partial charge in [0.1, 0.15) is 0 Å². The van der Waals surface area contributed by atoms with Crippen LogP contribution >= 0.6 is 0 Å². The van der Waals surface area contributed by atoms with E-state index in [0.29, 0.717) is 25.2 Å². The second kappa shape index (κ2) is 9.20. The molecule has 2 aliphatic rings. The van der Waals surface area contributed by atoms with Gasteiger partial charge in [-0.3, -0.25) is 9.59 Å². The minimum atomic E-state index is -0.0989. The van der Waals surface area contributed by atoms with Crippen molar-refractivity contribution < 1.29 is 9.59 Å². The van der Waals surface area contributed by atoms with Crippen molar-refractivity contribution in [2.45, 2.75) is 57.4 Å². The fraction of sp³-hybridized carbons (Fsp3) is 0.545. The molecule has 1 saturated carbocycles. The highest BCUT2D eigenvalue weighted by Crippen LogP contribution is 2.28. The smallest absolute Gasteiger partial charge is 0.276 e. The Hall–Kier alpha value is -2.70. The summed E-state index contributed by atoms with van der Waals surface area (Å²) in [5, 5.41) is 11.3. The summed E-state index contributed by atoms with van der Waals surface area (Å²) in [6, 6.07) is 9.78. The number of carbonyl (C=O) groups is 2. The Balaban J connectivity index is 1.23. The molecule has 7 nitrogen and oxygen atoms in total. The molecule has 0 atom stereocenters. The number of piperidine rings is 1. The number of amides is 2. The first-order valence-electron chi connectivity index (χ1n) is 10.8. The number of hydrogen-bond donors (Lipinski definition) is 1. The number of para-hydroxylation sites is 1. The Bertz CT molecular complexity index is 821. The Morgan fingerprint density at radius 2 is 1.76 bits per heavy atom. The highest BCUT2D eigenvalue weighted by atomic mass is 16.2. The number of benzene rings is 1. The maximum atomic E-state index is 12.7. The molecule has 2 heterocycles. The molecule has 1 aliphatic carbocycles. The lowest BCUT2D eigenvalue weighted by Gasteiger charge is -2.32. The molecule has 0 radical (unpaired) electrons. The Kier molecular flexibility index (Phi) is 6.22. The number of rotatable bonds is 6. The monoisotopic (exact) mass is 395 g/mol. The summed E-state index contributed by atoms with van der Waals surface area (Å²) in [7, 11) is 0. The van der Waals surface area contributed by atoms with Gasteiger partial charge >= 0.3 is 0 Å². The third-order valence-electron chi connectivity index (χ3n) is 6.13. The van der Waals surface area contributed by atoms with Crippen LogP contribution in [0.1, 0.15) is 61.9 Å². The molecule has 1 aromatic heterocycles. The topological polar surface area (TPSA) is 80.1 Å². The Morgan fingerprint density at radius 3 is 2.48 bits per heavy atom. The third-order valence-corrected chi connectivity index (χ3v) is 6.13. The average molecular weight is 396 g/mol. The van der Waals surface area contributed by atoms with E-state index in [1.54, 1.807) is 15.8 Å². The van der Waals surface area contributed by atoms with E-state index in [2.05, 4.69) is 15.6 Å². The van der Waals surface area contributed by atoms with Crippen LogP contribution in [0.4, 0.5) is 0 Å². The minimum absolute atomic E-state index is 0.0989. The summed E-state index contributed by atoms with van der Waals surface area (Å²) in [6.45, 7) is 1.26. The predicted molar refractivity (Wildman–Crippen MR) is 110 cm³/mol. The summed E-state index contributed by atoms with van der Waals surface area (Å²) in [6.07, 6.45) is 10.1. The molecule has 1 N–H and O–H groups in total. The van der Waals surface area contributed by atoms with Crippen molar-refractivity contribution in [3.63, 3.8) is 0 Å². The number of nitrogens with one attached hydrogen (secondary N) is 1. The van der Waals surface area contributed by atoms with Crippen molar-refractivity contribution in [3.05, 3.63) is 42.2 Å². The highest BCUT2D eigenvalue weighted by Gasteiger charge is 2.26. The normalized spacial score (nSPS) is 18.1. The summed E-state index contributed by atoms with van der Waals surface area (Å²) >= 11 is 0. The zero-order valence-electron chi connectivity index (χ0n) is 16.8. The van der Waals surface area contributed by atoms with Crippen molar-refractivity contribution in [2.75, 3.05) is 13.1 Å². The van der Waals surface area contributed by atoms with Crippen LogP contribution in [0.3, 0.4) is 0 Å². The van der Waals surface area contributed by atoms with Gasteiger partial charge in [0.2, 0.25) is 5.91 Å². The molecule has 29 heavy (non-hydrogen) atoms. The van der Waals surface area contributed by atoms with Crippen LogP contribution in [0.15, 0.2) is 36.5 Å². The fourth-order valence-corrected chi connectivity index (χ4v) is 4.39. The van der Waals surface area contributed by atoms with Gasteiger partial charge in [0, 0.05) is 25.6 Å². The highest BCUT2D eigenvalue weighted by molar-refractivity contribution is 5.92. The van der Waals surface area contributed by atoms with E-state index in [1.165, 1.54) is 25.7 Å². The first kappa shape index (κ1) is 19.6. The molecule has 1 aromatic carbocycles.